The Morgan fingerprint density at radius 1 is 1.07 bits per heavy atom. The van der Waals surface area contributed by atoms with E-state index in [2.05, 4.69) is 5.32 Å². The van der Waals surface area contributed by atoms with Crippen molar-refractivity contribution in [1.82, 2.24) is 5.32 Å². The fourth-order valence-corrected chi connectivity index (χ4v) is 3.73. The maximum absolute atomic E-state index is 12.4. The fraction of sp³-hybridized carbons (Fsp3) is 0.263. The molecule has 1 N–H and O–H groups in total. The lowest BCUT2D eigenvalue weighted by Crippen LogP contribution is -2.35. The first-order chi connectivity index (χ1) is 12.8. The average Bonchev–Trinajstić information content (AvgIpc) is 2.62. The van der Waals surface area contributed by atoms with Crippen molar-refractivity contribution < 1.29 is 22.7 Å². The highest BCUT2D eigenvalue weighted by Gasteiger charge is 2.24. The predicted octanol–water partition coefficient (Wildman–Crippen LogP) is 2.92. The van der Waals surface area contributed by atoms with Gasteiger partial charge >= 0.3 is 5.97 Å². The van der Waals surface area contributed by atoms with Crippen LogP contribution in [-0.2, 0) is 24.2 Å². The molecule has 0 spiro atoms. The van der Waals surface area contributed by atoms with Crippen molar-refractivity contribution in [2.75, 3.05) is 12.4 Å². The van der Waals surface area contributed by atoms with Crippen molar-refractivity contribution in [3.8, 4) is 0 Å². The number of carbonyl (C=O) groups is 2. The van der Waals surface area contributed by atoms with Gasteiger partial charge in [0.05, 0.1) is 24.0 Å². The van der Waals surface area contributed by atoms with Gasteiger partial charge in [0.1, 0.15) is 5.75 Å². The van der Waals surface area contributed by atoms with E-state index in [9.17, 15) is 18.0 Å². The van der Waals surface area contributed by atoms with Crippen LogP contribution in [0.25, 0.3) is 0 Å². The van der Waals surface area contributed by atoms with Crippen LogP contribution < -0.4 is 5.32 Å². The molecular weight excluding hydrogens is 390 g/mol. The van der Waals surface area contributed by atoms with E-state index in [1.54, 1.807) is 37.3 Å². The number of nitrogens with one attached hydrogen (secondary N) is 1. The summed E-state index contributed by atoms with van der Waals surface area (Å²) in [6.45, 7) is 1.91. The molecule has 27 heavy (non-hydrogen) atoms. The van der Waals surface area contributed by atoms with Crippen molar-refractivity contribution in [3.63, 3.8) is 0 Å². The van der Waals surface area contributed by atoms with Crippen LogP contribution >= 0.6 is 11.6 Å². The summed E-state index contributed by atoms with van der Waals surface area (Å²) in [5.41, 5.74) is 0.683. The summed E-state index contributed by atoms with van der Waals surface area (Å²) in [7, 11) is -3.83. The van der Waals surface area contributed by atoms with Crippen LogP contribution in [0, 0.1) is 0 Å². The van der Waals surface area contributed by atoms with Gasteiger partial charge in [-0.15, -0.1) is 0 Å². The highest BCUT2D eigenvalue weighted by Crippen LogP contribution is 2.19. The molecule has 0 fully saturated rings. The maximum atomic E-state index is 12.4. The van der Waals surface area contributed by atoms with E-state index in [1.807, 2.05) is 0 Å². The number of hydrogen-bond donors (Lipinski definition) is 1. The molecule has 0 heterocycles. The van der Waals surface area contributed by atoms with Crippen LogP contribution in [0.3, 0.4) is 0 Å². The topological polar surface area (TPSA) is 89.5 Å². The van der Waals surface area contributed by atoms with Gasteiger partial charge in [-0.2, -0.15) is 0 Å². The third-order valence-corrected chi connectivity index (χ3v) is 5.59. The van der Waals surface area contributed by atoms with Gasteiger partial charge < -0.3 is 10.1 Å². The largest absolute Gasteiger partial charge is 0.466 e. The second kappa shape index (κ2) is 9.53. The normalized spacial score (nSPS) is 12.2. The summed E-state index contributed by atoms with van der Waals surface area (Å²) in [6.07, 6.45) is -0.0927. The molecule has 2 aromatic carbocycles. The minimum Gasteiger partial charge on any atom is -0.466 e. The van der Waals surface area contributed by atoms with Crippen molar-refractivity contribution in [1.29, 1.82) is 0 Å². The van der Waals surface area contributed by atoms with Gasteiger partial charge in [0.2, 0.25) is 5.91 Å². The number of benzene rings is 2. The molecule has 0 saturated heterocycles. The van der Waals surface area contributed by atoms with Crippen LogP contribution in [-0.4, -0.2) is 32.7 Å². The quantitative estimate of drug-likeness (QED) is 0.677. The van der Waals surface area contributed by atoms with E-state index in [-0.39, 0.29) is 17.9 Å². The summed E-state index contributed by atoms with van der Waals surface area (Å²) in [4.78, 5) is 24.2. The summed E-state index contributed by atoms with van der Waals surface area (Å²) in [5.74, 6) is -1.92. The standard InChI is InChI=1S/C19H20ClNO5S/c1-2-26-19(23)12-17(14-6-4-3-5-7-14)21-18(22)13-27(24,25)16-10-8-15(20)9-11-16/h3-11,17H,2,12-13H2,1H3,(H,21,22). The number of carbonyl (C=O) groups excluding carboxylic acids is 2. The van der Waals surface area contributed by atoms with Gasteiger partial charge in [-0.25, -0.2) is 8.42 Å². The van der Waals surface area contributed by atoms with Crippen LogP contribution in [0.2, 0.25) is 5.02 Å². The van der Waals surface area contributed by atoms with Crippen LogP contribution in [0.1, 0.15) is 24.9 Å². The number of amides is 1. The molecule has 8 heteroatoms. The Balaban J connectivity index is 2.12. The number of halogens is 1. The Kier molecular flexibility index (Phi) is 7.38. The van der Waals surface area contributed by atoms with E-state index >= 15 is 0 Å². The van der Waals surface area contributed by atoms with Gasteiger partial charge in [0, 0.05) is 5.02 Å². The summed E-state index contributed by atoms with van der Waals surface area (Å²) in [5, 5.41) is 3.01. The third-order valence-electron chi connectivity index (χ3n) is 3.71. The molecule has 0 aliphatic heterocycles. The van der Waals surface area contributed by atoms with Crippen molar-refractivity contribution in [2.45, 2.75) is 24.3 Å². The fourth-order valence-electron chi connectivity index (χ4n) is 2.46. The molecule has 144 valence electrons. The minimum absolute atomic E-state index is 0.00343. The number of sulfone groups is 1. The van der Waals surface area contributed by atoms with Gasteiger partial charge in [-0.1, -0.05) is 41.9 Å². The first-order valence-corrected chi connectivity index (χ1v) is 10.3. The molecular formula is C19H20ClNO5S. The zero-order valence-electron chi connectivity index (χ0n) is 14.7. The zero-order chi connectivity index (χ0) is 19.9. The SMILES string of the molecule is CCOC(=O)CC(NC(=O)CS(=O)(=O)c1ccc(Cl)cc1)c1ccccc1. The van der Waals surface area contributed by atoms with Crippen molar-refractivity contribution in [3.05, 3.63) is 65.2 Å². The molecule has 6 nitrogen and oxygen atoms in total. The Morgan fingerprint density at radius 3 is 2.30 bits per heavy atom. The monoisotopic (exact) mass is 409 g/mol. The Labute approximate surface area is 163 Å². The summed E-state index contributed by atoms with van der Waals surface area (Å²) < 4.78 is 29.7. The average molecular weight is 410 g/mol. The molecule has 0 aliphatic carbocycles. The predicted molar refractivity (Wildman–Crippen MR) is 102 cm³/mol. The molecule has 0 bridgehead atoms. The molecule has 2 rings (SSSR count). The van der Waals surface area contributed by atoms with Gasteiger partial charge in [0.15, 0.2) is 9.84 Å². The zero-order valence-corrected chi connectivity index (χ0v) is 16.3. The lowest BCUT2D eigenvalue weighted by atomic mass is 10.0. The van der Waals surface area contributed by atoms with Crippen LogP contribution in [0.15, 0.2) is 59.5 Å². The molecule has 0 radical (unpaired) electrons. The lowest BCUT2D eigenvalue weighted by molar-refractivity contribution is -0.143. The van der Waals surface area contributed by atoms with E-state index < -0.39 is 33.5 Å². The first-order valence-electron chi connectivity index (χ1n) is 8.30. The number of ether oxygens (including phenoxy) is 1. The Hall–Kier alpha value is -2.38. The highest BCUT2D eigenvalue weighted by atomic mass is 35.5. The summed E-state index contributed by atoms with van der Waals surface area (Å²) in [6, 6.07) is 13.7. The second-order valence-corrected chi connectivity index (χ2v) is 8.18. The Morgan fingerprint density at radius 2 is 1.70 bits per heavy atom. The Bertz CT molecular complexity index is 882. The van der Waals surface area contributed by atoms with Crippen molar-refractivity contribution >= 4 is 33.3 Å². The molecule has 0 aliphatic rings. The molecule has 2 aromatic rings. The van der Waals surface area contributed by atoms with E-state index in [4.69, 9.17) is 16.3 Å². The molecule has 1 atom stereocenters. The maximum Gasteiger partial charge on any atom is 0.308 e. The lowest BCUT2D eigenvalue weighted by Gasteiger charge is -2.18. The molecule has 0 saturated carbocycles. The third kappa shape index (κ3) is 6.37. The van der Waals surface area contributed by atoms with Gasteiger partial charge in [-0.05, 0) is 36.8 Å². The molecule has 0 aromatic heterocycles. The molecule has 1 amide bonds. The summed E-state index contributed by atoms with van der Waals surface area (Å²) >= 11 is 5.76. The smallest absolute Gasteiger partial charge is 0.308 e. The minimum atomic E-state index is -3.83. The van der Waals surface area contributed by atoms with E-state index in [1.165, 1.54) is 24.3 Å². The van der Waals surface area contributed by atoms with E-state index in [0.29, 0.717) is 10.6 Å². The van der Waals surface area contributed by atoms with E-state index in [0.717, 1.165) is 0 Å². The second-order valence-electron chi connectivity index (χ2n) is 5.75. The number of rotatable bonds is 8. The van der Waals surface area contributed by atoms with Crippen LogP contribution in [0.4, 0.5) is 0 Å². The van der Waals surface area contributed by atoms with Gasteiger partial charge in [0.25, 0.3) is 0 Å². The van der Waals surface area contributed by atoms with Crippen LogP contribution in [0.5, 0.6) is 0 Å². The van der Waals surface area contributed by atoms with Crippen molar-refractivity contribution in [2.24, 2.45) is 0 Å². The van der Waals surface area contributed by atoms with Gasteiger partial charge in [-0.3, -0.25) is 9.59 Å². The highest BCUT2D eigenvalue weighted by molar-refractivity contribution is 7.92. The number of hydrogen-bond acceptors (Lipinski definition) is 5. The first kappa shape index (κ1) is 20.9. The molecule has 1 unspecified atom stereocenters. The number of esters is 1.